The van der Waals surface area contributed by atoms with Gasteiger partial charge in [0.15, 0.2) is 5.82 Å². The number of rotatable bonds is 9. The molecule has 2 heterocycles. The normalized spacial score (nSPS) is 11.2. The zero-order valence-corrected chi connectivity index (χ0v) is 19.8. The predicted molar refractivity (Wildman–Crippen MR) is 128 cm³/mol. The third-order valence-electron chi connectivity index (χ3n) is 4.84. The number of hydrogen-bond donors (Lipinski definition) is 2. The lowest BCUT2D eigenvalue weighted by Gasteiger charge is -2.12. The molecule has 0 unspecified atom stereocenters. The highest BCUT2D eigenvalue weighted by Gasteiger charge is 2.33. The Labute approximate surface area is 209 Å². The average Bonchev–Trinajstić information content (AvgIpc) is 3.36. The van der Waals surface area contributed by atoms with Gasteiger partial charge in [0, 0.05) is 29.4 Å². The van der Waals surface area contributed by atoms with E-state index in [9.17, 15) is 18.0 Å². The van der Waals surface area contributed by atoms with Gasteiger partial charge < -0.3 is 24.5 Å². The number of aromatic nitrogens is 4. The molecule has 0 saturated heterocycles. The maximum atomic E-state index is 12.9. The van der Waals surface area contributed by atoms with E-state index in [1.54, 1.807) is 42.5 Å². The minimum absolute atomic E-state index is 0.0733. The van der Waals surface area contributed by atoms with Crippen LogP contribution in [0.2, 0.25) is 0 Å². The van der Waals surface area contributed by atoms with Crippen molar-refractivity contribution >= 4 is 11.6 Å². The molecule has 4 rings (SSSR count). The summed E-state index contributed by atoms with van der Waals surface area (Å²) in [6, 6.07) is 12.8. The van der Waals surface area contributed by atoms with Crippen LogP contribution in [0.25, 0.3) is 11.5 Å². The van der Waals surface area contributed by atoms with Crippen LogP contribution in [-0.4, -0.2) is 39.1 Å². The van der Waals surface area contributed by atoms with E-state index >= 15 is 0 Å². The Bertz CT molecular complexity index is 1370. The summed E-state index contributed by atoms with van der Waals surface area (Å²) < 4.78 is 55.4. The number of anilines is 1. The van der Waals surface area contributed by atoms with Crippen LogP contribution < -0.4 is 19.5 Å². The van der Waals surface area contributed by atoms with Gasteiger partial charge in [-0.1, -0.05) is 6.07 Å². The molecule has 2 aromatic carbocycles. The molecular formula is C25H22F3N5O4. The highest BCUT2D eigenvalue weighted by molar-refractivity contribution is 6.04. The number of carbonyl (C=O) groups excluding carboxylic acids is 1. The van der Waals surface area contributed by atoms with E-state index in [0.717, 1.165) is 6.33 Å². The monoisotopic (exact) mass is 513 g/mol. The Morgan fingerprint density at radius 1 is 0.946 bits per heavy atom. The molecule has 0 aliphatic heterocycles. The van der Waals surface area contributed by atoms with E-state index < -0.39 is 11.9 Å². The van der Waals surface area contributed by atoms with Crippen molar-refractivity contribution < 1.29 is 32.2 Å². The molecule has 37 heavy (non-hydrogen) atoms. The zero-order valence-electron chi connectivity index (χ0n) is 19.8. The van der Waals surface area contributed by atoms with Gasteiger partial charge in [0.05, 0.1) is 19.4 Å². The van der Waals surface area contributed by atoms with Crippen molar-refractivity contribution in [3.8, 4) is 34.6 Å². The number of nitrogens with one attached hydrogen (secondary N) is 2. The molecule has 0 fully saturated rings. The van der Waals surface area contributed by atoms with Crippen LogP contribution >= 0.6 is 0 Å². The highest BCUT2D eigenvalue weighted by Crippen LogP contribution is 2.30. The second-order valence-corrected chi connectivity index (χ2v) is 7.53. The lowest BCUT2D eigenvalue weighted by atomic mass is 10.1. The summed E-state index contributed by atoms with van der Waals surface area (Å²) in [5.41, 5.74) is -0.0910. The largest absolute Gasteiger partial charge is 0.494 e. The number of amides is 1. The number of halogens is 3. The molecular weight excluding hydrogens is 491 g/mol. The molecule has 2 aromatic heterocycles. The van der Waals surface area contributed by atoms with Gasteiger partial charge in [-0.3, -0.25) is 4.79 Å². The first-order valence-electron chi connectivity index (χ1n) is 11.2. The quantitative estimate of drug-likeness (QED) is 0.294. The maximum absolute atomic E-state index is 12.9. The Balaban J connectivity index is 1.49. The van der Waals surface area contributed by atoms with Crippen LogP contribution in [0.4, 0.5) is 18.9 Å². The fourth-order valence-corrected chi connectivity index (χ4v) is 3.28. The van der Waals surface area contributed by atoms with Crippen molar-refractivity contribution in [2.45, 2.75) is 20.0 Å². The smallest absolute Gasteiger partial charge is 0.432 e. The van der Waals surface area contributed by atoms with Crippen LogP contribution in [0, 0.1) is 0 Å². The molecule has 0 atom stereocenters. The number of imidazole rings is 1. The summed E-state index contributed by atoms with van der Waals surface area (Å²) in [5, 5.41) is 2.79. The van der Waals surface area contributed by atoms with Crippen molar-refractivity contribution in [3.63, 3.8) is 0 Å². The van der Waals surface area contributed by atoms with E-state index in [2.05, 4.69) is 25.3 Å². The Morgan fingerprint density at radius 3 is 2.32 bits per heavy atom. The number of hydrogen-bond acceptors (Lipinski definition) is 7. The first-order valence-corrected chi connectivity index (χ1v) is 11.2. The van der Waals surface area contributed by atoms with Crippen LogP contribution in [-0.2, 0) is 6.18 Å². The number of aromatic amines is 1. The number of H-pyrrole nitrogens is 1. The molecule has 0 spiro atoms. The Hall–Kier alpha value is -4.61. The number of nitrogens with zero attached hydrogens (tertiary/aromatic N) is 3. The lowest BCUT2D eigenvalue weighted by Crippen LogP contribution is -2.12. The molecule has 192 valence electrons. The number of ether oxygens (including phenoxy) is 3. The minimum Gasteiger partial charge on any atom is -0.494 e. The number of benzene rings is 2. The van der Waals surface area contributed by atoms with Gasteiger partial charge in [0.2, 0.25) is 5.88 Å². The highest BCUT2D eigenvalue weighted by atomic mass is 19.4. The van der Waals surface area contributed by atoms with E-state index in [4.69, 9.17) is 14.2 Å². The molecule has 12 heteroatoms. The number of alkyl halides is 3. The zero-order chi connectivity index (χ0) is 26.4. The molecule has 0 bridgehead atoms. The molecule has 0 radical (unpaired) electrons. The summed E-state index contributed by atoms with van der Waals surface area (Å²) in [7, 11) is 0. The van der Waals surface area contributed by atoms with Gasteiger partial charge in [-0.2, -0.15) is 13.2 Å². The standard InChI is InChI=1S/C25H22F3N5O4/c1-3-35-18-8-15(9-19(11-18)36-4-2)24(34)32-16-6-5-7-17(10-16)37-22-12-20(30-14-31-22)23-29-13-21(33-23)25(26,27)28/h5-14H,3-4H2,1-2H3,(H,29,33)(H,32,34). The fourth-order valence-electron chi connectivity index (χ4n) is 3.28. The molecule has 0 aliphatic carbocycles. The summed E-state index contributed by atoms with van der Waals surface area (Å²) >= 11 is 0. The van der Waals surface area contributed by atoms with Crippen molar-refractivity contribution in [2.75, 3.05) is 18.5 Å². The van der Waals surface area contributed by atoms with Gasteiger partial charge in [0.25, 0.3) is 5.91 Å². The molecule has 9 nitrogen and oxygen atoms in total. The molecule has 1 amide bonds. The molecule has 2 N–H and O–H groups in total. The van der Waals surface area contributed by atoms with Crippen molar-refractivity contribution in [1.29, 1.82) is 0 Å². The third kappa shape index (κ3) is 6.54. The molecule has 0 aliphatic rings. The third-order valence-corrected chi connectivity index (χ3v) is 4.84. The van der Waals surface area contributed by atoms with Crippen molar-refractivity contribution in [3.05, 3.63) is 72.3 Å². The van der Waals surface area contributed by atoms with Crippen molar-refractivity contribution in [2.24, 2.45) is 0 Å². The minimum atomic E-state index is -4.56. The summed E-state index contributed by atoms with van der Waals surface area (Å²) in [4.78, 5) is 26.7. The van der Waals surface area contributed by atoms with Crippen LogP contribution in [0.1, 0.15) is 29.9 Å². The fraction of sp³-hybridized carbons (Fsp3) is 0.200. The first-order chi connectivity index (χ1) is 17.7. The van der Waals surface area contributed by atoms with Gasteiger partial charge in [-0.05, 0) is 38.1 Å². The Kier molecular flexibility index (Phi) is 7.56. The van der Waals surface area contributed by atoms with Gasteiger partial charge >= 0.3 is 6.18 Å². The SMILES string of the molecule is CCOc1cc(OCC)cc(C(=O)Nc2cccc(Oc3cc(-c4ncc(C(F)(F)F)[nH]4)ncn3)c2)c1. The maximum Gasteiger partial charge on any atom is 0.432 e. The topological polar surface area (TPSA) is 111 Å². The summed E-state index contributed by atoms with van der Waals surface area (Å²) in [5.74, 6) is 0.951. The second-order valence-electron chi connectivity index (χ2n) is 7.53. The molecule has 0 saturated carbocycles. The Morgan fingerprint density at radius 2 is 1.68 bits per heavy atom. The predicted octanol–water partition coefficient (Wildman–Crippen LogP) is 5.73. The second kappa shape index (κ2) is 11.0. The van der Waals surface area contributed by atoms with Crippen LogP contribution in [0.15, 0.2) is 61.1 Å². The van der Waals surface area contributed by atoms with E-state index in [1.807, 2.05) is 13.8 Å². The van der Waals surface area contributed by atoms with E-state index in [1.165, 1.54) is 6.07 Å². The lowest BCUT2D eigenvalue weighted by molar-refractivity contribution is -0.140. The van der Waals surface area contributed by atoms with Crippen molar-refractivity contribution in [1.82, 2.24) is 19.9 Å². The van der Waals surface area contributed by atoms with Crippen LogP contribution in [0.5, 0.6) is 23.1 Å². The van der Waals surface area contributed by atoms with Gasteiger partial charge in [-0.25, -0.2) is 15.0 Å². The van der Waals surface area contributed by atoms with Gasteiger partial charge in [0.1, 0.15) is 35.0 Å². The van der Waals surface area contributed by atoms with E-state index in [0.29, 0.717) is 47.9 Å². The average molecular weight is 513 g/mol. The van der Waals surface area contributed by atoms with Crippen LogP contribution in [0.3, 0.4) is 0 Å². The number of carbonyl (C=O) groups is 1. The summed E-state index contributed by atoms with van der Waals surface area (Å²) in [6.07, 6.45) is -2.73. The first kappa shape index (κ1) is 25.5. The van der Waals surface area contributed by atoms with Gasteiger partial charge in [-0.15, -0.1) is 0 Å². The summed E-state index contributed by atoms with van der Waals surface area (Å²) in [6.45, 7) is 4.55. The van der Waals surface area contributed by atoms with E-state index in [-0.39, 0.29) is 23.3 Å². The molecule has 4 aromatic rings.